The summed E-state index contributed by atoms with van der Waals surface area (Å²) in [6, 6.07) is 0. The molecule has 2 rings (SSSR count). The predicted molar refractivity (Wildman–Crippen MR) is 51.2 cm³/mol. The van der Waals surface area contributed by atoms with Crippen LogP contribution < -0.4 is 5.73 Å². The van der Waals surface area contributed by atoms with Gasteiger partial charge in [-0.05, 0) is 25.7 Å². The van der Waals surface area contributed by atoms with E-state index in [1.165, 1.54) is 0 Å². The Hall–Kier alpha value is -1.33. The lowest BCUT2D eigenvalue weighted by Gasteiger charge is -2.17. The van der Waals surface area contributed by atoms with Gasteiger partial charge in [-0.1, -0.05) is 0 Å². The SMILES string of the molecule is [NH]c1nc(CC(F)(F)F)nc2c1CCCC2. The third kappa shape index (κ3) is 2.43. The third-order valence-corrected chi connectivity index (χ3v) is 2.59. The number of rotatable bonds is 1. The van der Waals surface area contributed by atoms with Crippen LogP contribution in [-0.4, -0.2) is 16.1 Å². The van der Waals surface area contributed by atoms with Crippen LogP contribution in [0.15, 0.2) is 0 Å². The van der Waals surface area contributed by atoms with Gasteiger partial charge in [0.25, 0.3) is 0 Å². The second-order valence-electron chi connectivity index (χ2n) is 3.91. The Morgan fingerprint density at radius 3 is 2.50 bits per heavy atom. The maximum Gasteiger partial charge on any atom is 0.396 e. The molecule has 0 saturated carbocycles. The number of nitrogens with one attached hydrogen (secondary N) is 1. The van der Waals surface area contributed by atoms with Crippen LogP contribution in [0.25, 0.3) is 0 Å². The van der Waals surface area contributed by atoms with Crippen molar-refractivity contribution in [2.24, 2.45) is 0 Å². The van der Waals surface area contributed by atoms with E-state index in [0.29, 0.717) is 18.5 Å². The molecule has 1 aromatic rings. The van der Waals surface area contributed by atoms with Crippen LogP contribution in [0, 0.1) is 0 Å². The molecule has 0 atom stereocenters. The summed E-state index contributed by atoms with van der Waals surface area (Å²) in [5.41, 5.74) is 8.93. The number of aromatic nitrogens is 2. The minimum Gasteiger partial charge on any atom is -0.283 e. The van der Waals surface area contributed by atoms with Gasteiger partial charge >= 0.3 is 6.18 Å². The molecule has 1 heterocycles. The van der Waals surface area contributed by atoms with E-state index in [4.69, 9.17) is 5.73 Å². The van der Waals surface area contributed by atoms with Crippen molar-refractivity contribution in [3.8, 4) is 0 Å². The molecule has 0 aromatic carbocycles. The Morgan fingerprint density at radius 1 is 1.12 bits per heavy atom. The number of fused-ring (bicyclic) bond motifs is 1. The van der Waals surface area contributed by atoms with Crippen molar-refractivity contribution in [2.45, 2.75) is 38.3 Å². The van der Waals surface area contributed by atoms with E-state index in [1.807, 2.05) is 0 Å². The molecule has 0 aliphatic heterocycles. The van der Waals surface area contributed by atoms with Gasteiger partial charge in [0, 0.05) is 11.3 Å². The van der Waals surface area contributed by atoms with Gasteiger partial charge in [-0.3, -0.25) is 5.73 Å². The first-order valence-electron chi connectivity index (χ1n) is 5.13. The highest BCUT2D eigenvalue weighted by Crippen LogP contribution is 2.26. The molecule has 0 amide bonds. The molecule has 0 spiro atoms. The van der Waals surface area contributed by atoms with E-state index < -0.39 is 12.6 Å². The van der Waals surface area contributed by atoms with Crippen LogP contribution in [0.5, 0.6) is 0 Å². The highest BCUT2D eigenvalue weighted by molar-refractivity contribution is 5.40. The molecular weight excluding hydrogens is 219 g/mol. The van der Waals surface area contributed by atoms with Crippen molar-refractivity contribution in [1.29, 1.82) is 0 Å². The van der Waals surface area contributed by atoms with E-state index in [2.05, 4.69) is 9.97 Å². The van der Waals surface area contributed by atoms with Gasteiger partial charge in [0.05, 0.1) is 0 Å². The summed E-state index contributed by atoms with van der Waals surface area (Å²) in [7, 11) is 0. The Kier molecular flexibility index (Phi) is 2.73. The molecule has 1 N–H and O–H groups in total. The van der Waals surface area contributed by atoms with Crippen LogP contribution in [0.3, 0.4) is 0 Å². The van der Waals surface area contributed by atoms with Crippen LogP contribution in [0.2, 0.25) is 0 Å². The fourth-order valence-corrected chi connectivity index (χ4v) is 1.90. The summed E-state index contributed by atoms with van der Waals surface area (Å²) in [5.74, 6) is -0.317. The fourth-order valence-electron chi connectivity index (χ4n) is 1.90. The summed E-state index contributed by atoms with van der Waals surface area (Å²) < 4.78 is 36.5. The maximum absolute atomic E-state index is 12.2. The minimum atomic E-state index is -4.31. The summed E-state index contributed by atoms with van der Waals surface area (Å²) in [6.07, 6.45) is -2.20. The predicted octanol–water partition coefficient (Wildman–Crippen LogP) is 2.37. The Bertz CT molecular complexity index is 401. The third-order valence-electron chi connectivity index (χ3n) is 2.59. The number of hydrogen-bond donors (Lipinski definition) is 0. The molecule has 0 fully saturated rings. The minimum absolute atomic E-state index is 0.0380. The Balaban J connectivity index is 2.32. The smallest absolute Gasteiger partial charge is 0.283 e. The zero-order valence-corrected chi connectivity index (χ0v) is 8.56. The molecule has 1 aliphatic carbocycles. The topological polar surface area (TPSA) is 49.6 Å². The zero-order valence-electron chi connectivity index (χ0n) is 8.56. The highest BCUT2D eigenvalue weighted by atomic mass is 19.4. The molecule has 1 aromatic heterocycles. The molecule has 0 saturated heterocycles. The van der Waals surface area contributed by atoms with Gasteiger partial charge in [0.15, 0.2) is 5.82 Å². The van der Waals surface area contributed by atoms with Crippen molar-refractivity contribution in [3.05, 3.63) is 17.1 Å². The molecule has 16 heavy (non-hydrogen) atoms. The first kappa shape index (κ1) is 11.2. The second-order valence-corrected chi connectivity index (χ2v) is 3.91. The Morgan fingerprint density at radius 2 is 1.81 bits per heavy atom. The molecule has 0 bridgehead atoms. The van der Waals surface area contributed by atoms with E-state index in [9.17, 15) is 13.2 Å². The molecule has 1 radical (unpaired) electrons. The van der Waals surface area contributed by atoms with E-state index in [-0.39, 0.29) is 11.6 Å². The summed E-state index contributed by atoms with van der Waals surface area (Å²) in [4.78, 5) is 7.52. The fraction of sp³-hybridized carbons (Fsp3) is 0.600. The van der Waals surface area contributed by atoms with Gasteiger partial charge in [0.2, 0.25) is 0 Å². The van der Waals surface area contributed by atoms with Gasteiger partial charge in [0.1, 0.15) is 12.2 Å². The quantitative estimate of drug-likeness (QED) is 0.743. The number of halogens is 3. The van der Waals surface area contributed by atoms with Crippen LogP contribution >= 0.6 is 0 Å². The second kappa shape index (κ2) is 3.92. The van der Waals surface area contributed by atoms with Gasteiger partial charge in [-0.2, -0.15) is 13.2 Å². The van der Waals surface area contributed by atoms with Crippen molar-refractivity contribution < 1.29 is 13.2 Å². The molecule has 87 valence electrons. The average molecular weight is 230 g/mol. The summed E-state index contributed by atoms with van der Waals surface area (Å²) in [5, 5.41) is 0. The molecular formula is C10H11F3N3. The molecule has 0 unspecified atom stereocenters. The van der Waals surface area contributed by atoms with Crippen molar-refractivity contribution in [1.82, 2.24) is 15.7 Å². The standard InChI is InChI=1S/C10H11F3N3/c11-10(12,13)5-8-15-7-4-2-1-3-6(7)9(14)16-8/h14H,1-5H2. The van der Waals surface area contributed by atoms with Gasteiger partial charge in [-0.15, -0.1) is 0 Å². The van der Waals surface area contributed by atoms with Crippen LogP contribution in [-0.2, 0) is 19.3 Å². The number of hydrogen-bond acceptors (Lipinski definition) is 2. The number of nitrogens with zero attached hydrogens (tertiary/aromatic N) is 2. The normalized spacial score (nSPS) is 15.9. The molecule has 1 aliphatic rings. The van der Waals surface area contributed by atoms with Crippen LogP contribution in [0.4, 0.5) is 19.0 Å². The summed E-state index contributed by atoms with van der Waals surface area (Å²) in [6.45, 7) is 0. The van der Waals surface area contributed by atoms with Crippen molar-refractivity contribution >= 4 is 5.82 Å². The lowest BCUT2D eigenvalue weighted by Crippen LogP contribution is -2.17. The highest BCUT2D eigenvalue weighted by Gasteiger charge is 2.30. The van der Waals surface area contributed by atoms with E-state index in [0.717, 1.165) is 18.4 Å². The van der Waals surface area contributed by atoms with Crippen molar-refractivity contribution in [2.75, 3.05) is 0 Å². The van der Waals surface area contributed by atoms with Crippen LogP contribution in [0.1, 0.15) is 29.9 Å². The first-order chi connectivity index (χ1) is 7.46. The average Bonchev–Trinajstić information content (AvgIpc) is 2.15. The van der Waals surface area contributed by atoms with Crippen molar-refractivity contribution in [3.63, 3.8) is 0 Å². The first-order valence-corrected chi connectivity index (χ1v) is 5.13. The molecule has 3 nitrogen and oxygen atoms in total. The Labute approximate surface area is 90.9 Å². The molecule has 6 heteroatoms. The monoisotopic (exact) mass is 230 g/mol. The largest absolute Gasteiger partial charge is 0.396 e. The lowest BCUT2D eigenvalue weighted by molar-refractivity contribution is -0.128. The maximum atomic E-state index is 12.2. The van der Waals surface area contributed by atoms with Gasteiger partial charge < -0.3 is 0 Å². The van der Waals surface area contributed by atoms with E-state index in [1.54, 1.807) is 0 Å². The lowest BCUT2D eigenvalue weighted by atomic mass is 9.96. The summed E-state index contributed by atoms with van der Waals surface area (Å²) >= 11 is 0. The zero-order chi connectivity index (χ0) is 11.8. The number of aryl methyl sites for hydroxylation is 1. The number of alkyl halides is 3. The van der Waals surface area contributed by atoms with Gasteiger partial charge in [-0.25, -0.2) is 9.97 Å². The van der Waals surface area contributed by atoms with E-state index >= 15 is 0 Å².